The molecule has 2 heterocycles. The molecule has 3 aliphatic rings. The van der Waals surface area contributed by atoms with Gasteiger partial charge in [-0.25, -0.2) is 4.98 Å². The molecule has 2 aliphatic carbocycles. The Labute approximate surface area is 132 Å². The van der Waals surface area contributed by atoms with Crippen molar-refractivity contribution < 1.29 is 4.79 Å². The minimum absolute atomic E-state index is 0.311. The van der Waals surface area contributed by atoms with Crippen LogP contribution in [-0.4, -0.2) is 33.4 Å². The number of rotatable bonds is 3. The van der Waals surface area contributed by atoms with Crippen molar-refractivity contribution in [3.05, 3.63) is 17.7 Å². The first kappa shape index (κ1) is 14.3. The molecule has 1 aromatic rings. The zero-order chi connectivity index (χ0) is 15.1. The second-order valence-corrected chi connectivity index (χ2v) is 7.46. The van der Waals surface area contributed by atoms with E-state index in [1.807, 2.05) is 6.20 Å². The Morgan fingerprint density at radius 3 is 2.64 bits per heavy atom. The molecular formula is C18H27N3O. The molecule has 0 N–H and O–H groups in total. The van der Waals surface area contributed by atoms with Crippen LogP contribution in [0.15, 0.2) is 6.20 Å². The summed E-state index contributed by atoms with van der Waals surface area (Å²) in [6.07, 6.45) is 11.6. The number of aryl methyl sites for hydroxylation is 1. The Hall–Kier alpha value is -1.32. The van der Waals surface area contributed by atoms with E-state index < -0.39 is 0 Å². The monoisotopic (exact) mass is 301 g/mol. The number of imidazole rings is 1. The van der Waals surface area contributed by atoms with Crippen molar-refractivity contribution in [1.29, 1.82) is 0 Å². The number of carbonyl (C=O) groups excluding carboxylic acids is 1. The van der Waals surface area contributed by atoms with Crippen LogP contribution in [0.5, 0.6) is 0 Å². The van der Waals surface area contributed by atoms with Crippen LogP contribution in [0.4, 0.5) is 0 Å². The Morgan fingerprint density at radius 1 is 1.14 bits per heavy atom. The maximum absolute atomic E-state index is 12.7. The summed E-state index contributed by atoms with van der Waals surface area (Å²) in [7, 11) is 0. The number of likely N-dealkylation sites (tertiary alicyclic amines) is 1. The van der Waals surface area contributed by atoms with Crippen molar-refractivity contribution in [2.24, 2.45) is 5.92 Å². The minimum atomic E-state index is 0.311. The lowest BCUT2D eigenvalue weighted by atomic mass is 10.0. The summed E-state index contributed by atoms with van der Waals surface area (Å²) in [5, 5.41) is 0. The fraction of sp³-hybridized carbons (Fsp3) is 0.778. The van der Waals surface area contributed by atoms with Crippen LogP contribution in [-0.2, 0) is 4.79 Å². The summed E-state index contributed by atoms with van der Waals surface area (Å²) >= 11 is 0. The van der Waals surface area contributed by atoms with Gasteiger partial charge in [-0.05, 0) is 45.4 Å². The standard InChI is InChI=1S/C18H27N3O/c1-13-11-19-17(14-8-9-14)21(13)16-7-4-10-20(12-16)18(22)15-5-2-3-6-15/h11,14-16H,2-10,12H2,1H3. The van der Waals surface area contributed by atoms with Crippen molar-refractivity contribution in [2.75, 3.05) is 13.1 Å². The summed E-state index contributed by atoms with van der Waals surface area (Å²) in [6, 6.07) is 0.442. The number of nitrogens with zero attached hydrogens (tertiary/aromatic N) is 3. The average Bonchev–Trinajstić information content (AvgIpc) is 3.09. The molecule has 1 aliphatic heterocycles. The number of carbonyl (C=O) groups is 1. The summed E-state index contributed by atoms with van der Waals surface area (Å²) in [5.74, 6) is 2.69. The fourth-order valence-corrected chi connectivity index (χ4v) is 4.38. The lowest BCUT2D eigenvalue weighted by molar-refractivity contribution is -0.137. The van der Waals surface area contributed by atoms with Crippen LogP contribution < -0.4 is 0 Å². The van der Waals surface area contributed by atoms with Gasteiger partial charge in [-0.3, -0.25) is 4.79 Å². The smallest absolute Gasteiger partial charge is 0.225 e. The van der Waals surface area contributed by atoms with Crippen LogP contribution in [0.25, 0.3) is 0 Å². The predicted molar refractivity (Wildman–Crippen MR) is 85.7 cm³/mol. The third-order valence-corrected chi connectivity index (χ3v) is 5.73. The number of hydrogen-bond acceptors (Lipinski definition) is 2. The van der Waals surface area contributed by atoms with Crippen molar-refractivity contribution in [3.8, 4) is 0 Å². The van der Waals surface area contributed by atoms with Crippen molar-refractivity contribution >= 4 is 5.91 Å². The molecule has 0 spiro atoms. The summed E-state index contributed by atoms with van der Waals surface area (Å²) in [4.78, 5) is 19.5. The highest BCUT2D eigenvalue weighted by Crippen LogP contribution is 2.41. The van der Waals surface area contributed by atoms with Crippen molar-refractivity contribution in [1.82, 2.24) is 14.5 Å². The first-order chi connectivity index (χ1) is 10.7. The van der Waals surface area contributed by atoms with Crippen LogP contribution in [0, 0.1) is 12.8 Å². The lowest BCUT2D eigenvalue weighted by Crippen LogP contribution is -2.43. The molecule has 0 bridgehead atoms. The molecule has 1 saturated heterocycles. The number of amides is 1. The number of piperidine rings is 1. The molecule has 2 saturated carbocycles. The fourth-order valence-electron chi connectivity index (χ4n) is 4.38. The van der Waals surface area contributed by atoms with Gasteiger partial charge in [0.15, 0.2) is 0 Å². The highest BCUT2D eigenvalue weighted by atomic mass is 16.2. The predicted octanol–water partition coefficient (Wildman–Crippen LogP) is 3.42. The molecule has 4 rings (SSSR count). The van der Waals surface area contributed by atoms with E-state index >= 15 is 0 Å². The van der Waals surface area contributed by atoms with Gasteiger partial charge in [0.1, 0.15) is 5.82 Å². The second-order valence-electron chi connectivity index (χ2n) is 7.46. The summed E-state index contributed by atoms with van der Waals surface area (Å²) in [5.41, 5.74) is 1.27. The van der Waals surface area contributed by atoms with Crippen LogP contribution >= 0.6 is 0 Å². The Kier molecular flexibility index (Phi) is 3.71. The molecule has 1 atom stereocenters. The van der Waals surface area contributed by atoms with Crippen LogP contribution in [0.3, 0.4) is 0 Å². The van der Waals surface area contributed by atoms with Crippen LogP contribution in [0.1, 0.15) is 74.8 Å². The zero-order valence-electron chi connectivity index (χ0n) is 13.6. The molecule has 1 aromatic heterocycles. The molecule has 1 unspecified atom stereocenters. The Bertz CT molecular complexity index is 555. The number of hydrogen-bond donors (Lipinski definition) is 0. The minimum Gasteiger partial charge on any atom is -0.340 e. The quantitative estimate of drug-likeness (QED) is 0.858. The molecule has 0 radical (unpaired) electrons. The molecule has 1 amide bonds. The zero-order valence-corrected chi connectivity index (χ0v) is 13.6. The van der Waals surface area contributed by atoms with Crippen molar-refractivity contribution in [3.63, 3.8) is 0 Å². The average molecular weight is 301 g/mol. The Morgan fingerprint density at radius 2 is 1.91 bits per heavy atom. The third kappa shape index (κ3) is 2.57. The molecule has 3 fully saturated rings. The third-order valence-electron chi connectivity index (χ3n) is 5.73. The normalized spacial score (nSPS) is 26.6. The van der Waals surface area contributed by atoms with E-state index in [1.54, 1.807) is 0 Å². The number of aromatic nitrogens is 2. The topological polar surface area (TPSA) is 38.1 Å². The molecule has 22 heavy (non-hydrogen) atoms. The lowest BCUT2D eigenvalue weighted by Gasteiger charge is -2.36. The first-order valence-corrected chi connectivity index (χ1v) is 9.06. The van der Waals surface area contributed by atoms with Gasteiger partial charge in [0.05, 0.1) is 6.04 Å². The van der Waals surface area contributed by atoms with Gasteiger partial charge < -0.3 is 9.47 Å². The van der Waals surface area contributed by atoms with E-state index in [1.165, 1.54) is 43.6 Å². The molecular weight excluding hydrogens is 274 g/mol. The molecule has 0 aromatic carbocycles. The van der Waals surface area contributed by atoms with Gasteiger partial charge in [0.25, 0.3) is 0 Å². The molecule has 4 nitrogen and oxygen atoms in total. The first-order valence-electron chi connectivity index (χ1n) is 9.06. The summed E-state index contributed by atoms with van der Waals surface area (Å²) in [6.45, 7) is 4.02. The largest absolute Gasteiger partial charge is 0.340 e. The second kappa shape index (κ2) is 5.71. The van der Waals surface area contributed by atoms with E-state index in [-0.39, 0.29) is 0 Å². The van der Waals surface area contributed by atoms with Gasteiger partial charge in [-0.2, -0.15) is 0 Å². The molecule has 4 heteroatoms. The van der Waals surface area contributed by atoms with E-state index in [9.17, 15) is 4.79 Å². The van der Waals surface area contributed by atoms with Gasteiger partial charge in [0.2, 0.25) is 5.91 Å². The van der Waals surface area contributed by atoms with E-state index in [2.05, 4.69) is 21.4 Å². The van der Waals surface area contributed by atoms with Gasteiger partial charge in [-0.1, -0.05) is 12.8 Å². The maximum Gasteiger partial charge on any atom is 0.225 e. The van der Waals surface area contributed by atoms with Crippen molar-refractivity contribution in [2.45, 2.75) is 70.3 Å². The molecule has 120 valence electrons. The van der Waals surface area contributed by atoms with Gasteiger partial charge in [-0.15, -0.1) is 0 Å². The SMILES string of the molecule is Cc1cnc(C2CC2)n1C1CCCN(C(=O)C2CCCC2)C1. The summed E-state index contributed by atoms with van der Waals surface area (Å²) < 4.78 is 2.45. The highest BCUT2D eigenvalue weighted by molar-refractivity contribution is 5.79. The van der Waals surface area contributed by atoms with E-state index in [4.69, 9.17) is 0 Å². The van der Waals surface area contributed by atoms with Gasteiger partial charge in [0, 0.05) is 36.8 Å². The van der Waals surface area contributed by atoms with E-state index in [0.29, 0.717) is 23.8 Å². The van der Waals surface area contributed by atoms with Gasteiger partial charge >= 0.3 is 0 Å². The maximum atomic E-state index is 12.7. The Balaban J connectivity index is 1.51. The highest BCUT2D eigenvalue weighted by Gasteiger charge is 2.35. The van der Waals surface area contributed by atoms with Crippen LogP contribution in [0.2, 0.25) is 0 Å². The van der Waals surface area contributed by atoms with E-state index in [0.717, 1.165) is 32.4 Å².